The molecule has 0 heterocycles. The zero-order valence-corrected chi connectivity index (χ0v) is 28.6. The van der Waals surface area contributed by atoms with Crippen LogP contribution in [0.25, 0.3) is 0 Å². The second-order valence-corrected chi connectivity index (χ2v) is 14.4. The van der Waals surface area contributed by atoms with Crippen LogP contribution in [0.1, 0.15) is 116 Å². The highest BCUT2D eigenvalue weighted by molar-refractivity contribution is 5.80. The molecule has 4 saturated carbocycles. The molecule has 268 valence electrons. The van der Waals surface area contributed by atoms with E-state index in [2.05, 4.69) is 32.1 Å². The summed E-state index contributed by atoms with van der Waals surface area (Å²) in [6, 6.07) is -0.0650. The zero-order chi connectivity index (χ0) is 33.4. The third kappa shape index (κ3) is 13.6. The molecule has 4 aliphatic carbocycles. The molecule has 0 aromatic rings. The highest BCUT2D eigenvalue weighted by atomic mass is 16.6. The lowest BCUT2D eigenvalue weighted by Crippen LogP contribution is -2.54. The molecule has 4 aliphatic rings. The number of urea groups is 2. The van der Waals surface area contributed by atoms with Gasteiger partial charge in [-0.1, -0.05) is 0 Å². The number of carbonyl (C=O) groups is 4. The van der Waals surface area contributed by atoms with Crippen molar-refractivity contribution in [3.63, 3.8) is 0 Å². The van der Waals surface area contributed by atoms with Gasteiger partial charge in [0.05, 0.1) is 13.7 Å². The molecule has 0 atom stereocenters. The predicted octanol–water partition coefficient (Wildman–Crippen LogP) is 5.24. The first kappa shape index (κ1) is 36.9. The molecule has 13 heteroatoms. The van der Waals surface area contributed by atoms with Crippen LogP contribution in [0, 0.1) is 23.7 Å². The molecule has 6 N–H and O–H groups in total. The average molecular weight is 665 g/mol. The zero-order valence-electron chi connectivity index (χ0n) is 28.6. The van der Waals surface area contributed by atoms with Crippen molar-refractivity contribution >= 4 is 24.2 Å². The van der Waals surface area contributed by atoms with Gasteiger partial charge < -0.3 is 35.5 Å². The van der Waals surface area contributed by atoms with Crippen LogP contribution < -0.4 is 32.1 Å². The van der Waals surface area contributed by atoms with E-state index in [1.54, 1.807) is 7.11 Å². The number of hydrogen-bond acceptors (Lipinski definition) is 7. The van der Waals surface area contributed by atoms with Crippen LogP contribution in [-0.4, -0.2) is 75.8 Å². The SMILES string of the molecule is COCCOC(=O)NC1CCC(CC2CCC(NC(=O)NNC(=O)NC3CCC(CC4CCC(NC(=O)OC)CC4)CC3)CC2)CC1. The lowest BCUT2D eigenvalue weighted by atomic mass is 9.76. The number of hydrogen-bond donors (Lipinski definition) is 6. The Labute approximate surface area is 280 Å². The first-order valence-electron chi connectivity index (χ1n) is 18.2. The van der Waals surface area contributed by atoms with Crippen LogP contribution in [0.4, 0.5) is 19.2 Å². The Morgan fingerprint density at radius 3 is 1.15 bits per heavy atom. The minimum absolute atomic E-state index is 0.120. The molecule has 0 bridgehead atoms. The number of alkyl carbamates (subject to hydrolysis) is 2. The fraction of sp³-hybridized carbons (Fsp3) is 0.882. The van der Waals surface area contributed by atoms with E-state index in [4.69, 9.17) is 14.2 Å². The average Bonchev–Trinajstić information content (AvgIpc) is 3.07. The van der Waals surface area contributed by atoms with Crippen molar-refractivity contribution in [2.75, 3.05) is 27.4 Å². The summed E-state index contributed by atoms with van der Waals surface area (Å²) in [5.74, 6) is 2.76. The number of carbonyl (C=O) groups excluding carboxylic acids is 4. The van der Waals surface area contributed by atoms with Crippen molar-refractivity contribution < 1.29 is 33.4 Å². The van der Waals surface area contributed by atoms with E-state index in [9.17, 15) is 19.2 Å². The molecular formula is C34H60N6O7. The molecule has 6 amide bonds. The smallest absolute Gasteiger partial charge is 0.407 e. The van der Waals surface area contributed by atoms with Gasteiger partial charge in [-0.15, -0.1) is 0 Å². The van der Waals surface area contributed by atoms with Gasteiger partial charge >= 0.3 is 24.2 Å². The van der Waals surface area contributed by atoms with Gasteiger partial charge in [-0.25, -0.2) is 30.0 Å². The molecule has 0 unspecified atom stereocenters. The minimum atomic E-state index is -0.365. The maximum absolute atomic E-state index is 12.5. The van der Waals surface area contributed by atoms with E-state index in [1.807, 2.05) is 0 Å². The Hall–Kier alpha value is -2.96. The van der Waals surface area contributed by atoms with E-state index in [-0.39, 0.29) is 55.0 Å². The summed E-state index contributed by atoms with van der Waals surface area (Å²) in [5, 5.41) is 12.0. The molecule has 13 nitrogen and oxygen atoms in total. The van der Waals surface area contributed by atoms with Crippen molar-refractivity contribution in [3.05, 3.63) is 0 Å². The van der Waals surface area contributed by atoms with Gasteiger partial charge in [-0.2, -0.15) is 0 Å². The lowest BCUT2D eigenvalue weighted by Gasteiger charge is -2.34. The Balaban J connectivity index is 0.995. The number of rotatable bonds is 11. The van der Waals surface area contributed by atoms with Gasteiger partial charge in [-0.05, 0) is 139 Å². The fourth-order valence-corrected chi connectivity index (χ4v) is 8.32. The molecule has 0 aromatic carbocycles. The summed E-state index contributed by atoms with van der Waals surface area (Å²) in [7, 11) is 2.99. The van der Waals surface area contributed by atoms with Crippen LogP contribution in [0.2, 0.25) is 0 Å². The Kier molecular flexibility index (Phi) is 15.5. The first-order valence-corrected chi connectivity index (χ1v) is 18.2. The number of hydrazine groups is 1. The maximum Gasteiger partial charge on any atom is 0.407 e. The topological polar surface area (TPSA) is 168 Å². The molecule has 0 aromatic heterocycles. The minimum Gasteiger partial charge on any atom is -0.453 e. The third-order valence-corrected chi connectivity index (χ3v) is 11.0. The standard InChI is InChI=1S/C34H60N6O7/c1-45-19-20-47-34(44)38-30-17-9-26(10-18-30)22-24-5-13-28(14-6-24)36-32(42)40-39-31(41)35-27-11-3-23(4-12-27)21-25-7-15-29(16-8-25)37-33(43)46-2/h23-30H,3-22H2,1-2H3,(H,37,43)(H,38,44)(H2,35,39,41)(H2,36,40,42). The van der Waals surface area contributed by atoms with Gasteiger partial charge in [0.2, 0.25) is 0 Å². The molecule has 4 fully saturated rings. The van der Waals surface area contributed by atoms with Crippen molar-refractivity contribution in [2.24, 2.45) is 23.7 Å². The molecule has 47 heavy (non-hydrogen) atoms. The molecular weight excluding hydrogens is 604 g/mol. The van der Waals surface area contributed by atoms with Gasteiger partial charge in [-0.3, -0.25) is 0 Å². The first-order chi connectivity index (χ1) is 22.8. The summed E-state index contributed by atoms with van der Waals surface area (Å²) >= 11 is 0. The van der Waals surface area contributed by atoms with Crippen LogP contribution in [0.15, 0.2) is 0 Å². The molecule has 0 spiro atoms. The van der Waals surface area contributed by atoms with Gasteiger partial charge in [0.1, 0.15) is 6.61 Å². The van der Waals surface area contributed by atoms with Gasteiger partial charge in [0, 0.05) is 31.3 Å². The Morgan fingerprint density at radius 1 is 0.468 bits per heavy atom. The number of amides is 6. The Bertz CT molecular complexity index is 970. The van der Waals surface area contributed by atoms with Crippen LogP contribution in [-0.2, 0) is 14.2 Å². The number of nitrogens with one attached hydrogen (secondary N) is 6. The number of methoxy groups -OCH3 is 2. The van der Waals surface area contributed by atoms with Gasteiger partial charge in [0.25, 0.3) is 0 Å². The van der Waals surface area contributed by atoms with Crippen molar-refractivity contribution in [2.45, 2.75) is 140 Å². The summed E-state index contributed by atoms with van der Waals surface area (Å²) in [6.45, 7) is 0.677. The lowest BCUT2D eigenvalue weighted by molar-refractivity contribution is 0.0939. The van der Waals surface area contributed by atoms with Crippen molar-refractivity contribution in [1.82, 2.24) is 32.1 Å². The molecule has 0 radical (unpaired) electrons. The molecule has 4 rings (SSSR count). The summed E-state index contributed by atoms with van der Waals surface area (Å²) in [5.41, 5.74) is 5.04. The fourth-order valence-electron chi connectivity index (χ4n) is 8.32. The summed E-state index contributed by atoms with van der Waals surface area (Å²) < 4.78 is 14.7. The van der Waals surface area contributed by atoms with Crippen LogP contribution >= 0.6 is 0 Å². The second-order valence-electron chi connectivity index (χ2n) is 14.4. The quantitative estimate of drug-likeness (QED) is 0.130. The monoisotopic (exact) mass is 664 g/mol. The molecule has 0 saturated heterocycles. The highest BCUT2D eigenvalue weighted by Gasteiger charge is 2.30. The maximum atomic E-state index is 12.5. The van der Waals surface area contributed by atoms with E-state index in [0.29, 0.717) is 30.3 Å². The van der Waals surface area contributed by atoms with Gasteiger partial charge in [0.15, 0.2) is 0 Å². The normalized spacial score (nSPS) is 31.0. The largest absolute Gasteiger partial charge is 0.453 e. The summed E-state index contributed by atoms with van der Waals surface area (Å²) in [4.78, 5) is 48.3. The van der Waals surface area contributed by atoms with Crippen LogP contribution in [0.3, 0.4) is 0 Å². The van der Waals surface area contributed by atoms with E-state index in [0.717, 1.165) is 103 Å². The molecule has 0 aliphatic heterocycles. The van der Waals surface area contributed by atoms with E-state index in [1.165, 1.54) is 20.0 Å². The number of ether oxygens (including phenoxy) is 3. The summed E-state index contributed by atoms with van der Waals surface area (Å²) in [6.07, 6.45) is 18.5. The predicted molar refractivity (Wildman–Crippen MR) is 177 cm³/mol. The highest BCUT2D eigenvalue weighted by Crippen LogP contribution is 2.36. The van der Waals surface area contributed by atoms with E-state index >= 15 is 0 Å². The second kappa shape index (κ2) is 19.8. The van der Waals surface area contributed by atoms with Crippen LogP contribution in [0.5, 0.6) is 0 Å². The third-order valence-electron chi connectivity index (χ3n) is 11.0. The van der Waals surface area contributed by atoms with Crippen molar-refractivity contribution in [1.29, 1.82) is 0 Å². The Morgan fingerprint density at radius 2 is 0.809 bits per heavy atom. The van der Waals surface area contributed by atoms with Crippen molar-refractivity contribution in [3.8, 4) is 0 Å². The van der Waals surface area contributed by atoms with E-state index < -0.39 is 0 Å².